The highest BCUT2D eigenvalue weighted by Gasteiger charge is 2.35. The van der Waals surface area contributed by atoms with Gasteiger partial charge >= 0.3 is 6.03 Å². The largest absolute Gasteiger partial charge is 0.494 e. The second kappa shape index (κ2) is 9.66. The average molecular weight is 425 g/mol. The number of carbonyl (C=O) groups excluding carboxylic acids is 3. The van der Waals surface area contributed by atoms with Gasteiger partial charge in [0.15, 0.2) is 11.5 Å². The molecule has 1 fully saturated rings. The minimum absolute atomic E-state index is 0.0612. The number of methoxy groups -OCH3 is 2. The van der Waals surface area contributed by atoms with Crippen molar-refractivity contribution in [3.8, 4) is 17.2 Å². The molecule has 2 N–H and O–H groups in total. The van der Waals surface area contributed by atoms with Gasteiger partial charge in [0, 0.05) is 5.69 Å². The van der Waals surface area contributed by atoms with Gasteiger partial charge in [0.2, 0.25) is 5.91 Å². The van der Waals surface area contributed by atoms with Crippen molar-refractivity contribution in [2.24, 2.45) is 0 Å². The highest BCUT2D eigenvalue weighted by atomic mass is 16.5. The highest BCUT2D eigenvalue weighted by molar-refractivity contribution is 6.15. The number of hydrogen-bond acceptors (Lipinski definition) is 6. The highest BCUT2D eigenvalue weighted by Crippen LogP contribution is 2.28. The Hall–Kier alpha value is -4.01. The fourth-order valence-corrected chi connectivity index (χ4v) is 2.97. The summed E-state index contributed by atoms with van der Waals surface area (Å²) in [7, 11) is 3.02. The van der Waals surface area contributed by atoms with Gasteiger partial charge in [-0.3, -0.25) is 9.59 Å². The van der Waals surface area contributed by atoms with E-state index in [1.165, 1.54) is 20.3 Å². The number of urea groups is 1. The third kappa shape index (κ3) is 5.13. The maximum Gasteiger partial charge on any atom is 0.329 e. The normalized spacial score (nSPS) is 14.4. The summed E-state index contributed by atoms with van der Waals surface area (Å²) in [6, 6.07) is 11.2. The molecule has 3 rings (SSSR count). The molecule has 1 aliphatic heterocycles. The Bertz CT molecular complexity index is 1020. The van der Waals surface area contributed by atoms with Crippen LogP contribution in [0.3, 0.4) is 0 Å². The molecule has 0 aliphatic carbocycles. The summed E-state index contributed by atoms with van der Waals surface area (Å²) in [5, 5.41) is 5.14. The zero-order valence-corrected chi connectivity index (χ0v) is 17.4. The molecule has 1 aliphatic rings. The smallest absolute Gasteiger partial charge is 0.329 e. The fraction of sp³-hybridized carbons (Fsp3) is 0.227. The van der Waals surface area contributed by atoms with E-state index in [-0.39, 0.29) is 5.70 Å². The van der Waals surface area contributed by atoms with Gasteiger partial charge in [-0.1, -0.05) is 6.07 Å². The second-order valence-electron chi connectivity index (χ2n) is 6.50. The molecular formula is C22H23N3O6. The van der Waals surface area contributed by atoms with Crippen LogP contribution in [0.25, 0.3) is 6.08 Å². The molecule has 2 aromatic rings. The average Bonchev–Trinajstić information content (AvgIpc) is 3.02. The maximum absolute atomic E-state index is 12.6. The fourth-order valence-electron chi connectivity index (χ4n) is 2.97. The molecule has 1 saturated heterocycles. The molecule has 9 nitrogen and oxygen atoms in total. The van der Waals surface area contributed by atoms with Crippen molar-refractivity contribution >= 4 is 29.6 Å². The van der Waals surface area contributed by atoms with E-state index in [0.29, 0.717) is 35.1 Å². The third-order valence-electron chi connectivity index (χ3n) is 4.43. The summed E-state index contributed by atoms with van der Waals surface area (Å²) in [6.45, 7) is 2.00. The number of imide groups is 1. The van der Waals surface area contributed by atoms with Gasteiger partial charge in [0.1, 0.15) is 18.0 Å². The van der Waals surface area contributed by atoms with E-state index in [4.69, 9.17) is 14.2 Å². The summed E-state index contributed by atoms with van der Waals surface area (Å²) in [5.41, 5.74) is 1.22. The van der Waals surface area contributed by atoms with E-state index in [1.54, 1.807) is 42.5 Å². The predicted molar refractivity (Wildman–Crippen MR) is 114 cm³/mol. The first kappa shape index (κ1) is 21.7. The lowest BCUT2D eigenvalue weighted by molar-refractivity contribution is -0.127. The lowest BCUT2D eigenvalue weighted by Gasteiger charge is -2.12. The van der Waals surface area contributed by atoms with Gasteiger partial charge in [-0.15, -0.1) is 0 Å². The summed E-state index contributed by atoms with van der Waals surface area (Å²) >= 11 is 0. The van der Waals surface area contributed by atoms with Gasteiger partial charge in [-0.05, 0) is 55.0 Å². The minimum atomic E-state index is -0.668. The standard InChI is InChI=1S/C22H23N3O6/c1-4-31-16-8-6-15(7-9-16)23-20(26)13-25-21(27)17(24-22(25)28)11-14-5-10-18(29-2)19(12-14)30-3/h5-12H,4,13H2,1-3H3,(H,23,26)(H,24,28)/b17-11-. The molecule has 9 heteroatoms. The van der Waals surface area contributed by atoms with E-state index < -0.39 is 24.4 Å². The van der Waals surface area contributed by atoms with Crippen LogP contribution >= 0.6 is 0 Å². The summed E-state index contributed by atoms with van der Waals surface area (Å²) in [4.78, 5) is 38.0. The predicted octanol–water partition coefficient (Wildman–Crippen LogP) is 2.63. The summed E-state index contributed by atoms with van der Waals surface area (Å²) < 4.78 is 15.8. The Morgan fingerprint density at radius 2 is 1.77 bits per heavy atom. The number of ether oxygens (including phenoxy) is 3. The zero-order chi connectivity index (χ0) is 22.4. The Morgan fingerprint density at radius 1 is 1.06 bits per heavy atom. The molecule has 0 radical (unpaired) electrons. The van der Waals surface area contributed by atoms with Crippen LogP contribution in [0, 0.1) is 0 Å². The van der Waals surface area contributed by atoms with E-state index in [9.17, 15) is 14.4 Å². The Balaban J connectivity index is 1.67. The van der Waals surface area contributed by atoms with Crippen molar-refractivity contribution in [2.45, 2.75) is 6.92 Å². The van der Waals surface area contributed by atoms with Crippen molar-refractivity contribution in [1.29, 1.82) is 0 Å². The number of benzene rings is 2. The van der Waals surface area contributed by atoms with Crippen molar-refractivity contribution in [2.75, 3.05) is 32.7 Å². The molecule has 0 spiro atoms. The SMILES string of the molecule is CCOc1ccc(NC(=O)CN2C(=O)N/C(=C\c3ccc(OC)c(OC)c3)C2=O)cc1. The van der Waals surface area contributed by atoms with Crippen molar-refractivity contribution < 1.29 is 28.6 Å². The molecule has 0 saturated carbocycles. The van der Waals surface area contributed by atoms with Crippen LogP contribution in [0.15, 0.2) is 48.2 Å². The molecule has 4 amide bonds. The van der Waals surface area contributed by atoms with E-state index in [0.717, 1.165) is 4.90 Å². The van der Waals surface area contributed by atoms with E-state index in [1.807, 2.05) is 6.92 Å². The molecule has 0 aromatic heterocycles. The number of hydrogen-bond donors (Lipinski definition) is 2. The van der Waals surface area contributed by atoms with Crippen molar-refractivity contribution in [1.82, 2.24) is 10.2 Å². The van der Waals surface area contributed by atoms with Gasteiger partial charge in [0.25, 0.3) is 5.91 Å². The maximum atomic E-state index is 12.6. The lowest BCUT2D eigenvalue weighted by atomic mass is 10.1. The molecule has 1 heterocycles. The van der Waals surface area contributed by atoms with Gasteiger partial charge in [-0.2, -0.15) is 0 Å². The van der Waals surface area contributed by atoms with Crippen LogP contribution in [-0.2, 0) is 9.59 Å². The molecule has 2 aromatic carbocycles. The van der Waals surface area contributed by atoms with Crippen LogP contribution in [0.4, 0.5) is 10.5 Å². The van der Waals surface area contributed by atoms with Gasteiger partial charge < -0.3 is 24.8 Å². The van der Waals surface area contributed by atoms with Crippen molar-refractivity contribution in [3.63, 3.8) is 0 Å². The number of carbonyl (C=O) groups is 3. The molecule has 0 atom stereocenters. The summed E-state index contributed by atoms with van der Waals surface area (Å²) in [5.74, 6) is 0.612. The zero-order valence-electron chi connectivity index (χ0n) is 17.4. The molecule has 31 heavy (non-hydrogen) atoms. The van der Waals surface area contributed by atoms with Crippen LogP contribution in [0.1, 0.15) is 12.5 Å². The number of nitrogens with one attached hydrogen (secondary N) is 2. The number of anilines is 1. The number of rotatable bonds is 8. The van der Waals surface area contributed by atoms with Gasteiger partial charge in [0.05, 0.1) is 20.8 Å². The quantitative estimate of drug-likeness (QED) is 0.498. The molecule has 0 bridgehead atoms. The first-order valence-electron chi connectivity index (χ1n) is 9.54. The van der Waals surface area contributed by atoms with E-state index >= 15 is 0 Å². The third-order valence-corrected chi connectivity index (χ3v) is 4.43. The first-order chi connectivity index (χ1) is 14.9. The molecule has 162 valence electrons. The second-order valence-corrected chi connectivity index (χ2v) is 6.50. The Kier molecular flexibility index (Phi) is 6.76. The van der Waals surface area contributed by atoms with Crippen LogP contribution < -0.4 is 24.8 Å². The Labute approximate surface area is 179 Å². The monoisotopic (exact) mass is 425 g/mol. The number of amides is 4. The van der Waals surface area contributed by atoms with E-state index in [2.05, 4.69) is 10.6 Å². The first-order valence-corrected chi connectivity index (χ1v) is 9.54. The Morgan fingerprint density at radius 3 is 2.42 bits per heavy atom. The molecule has 0 unspecified atom stereocenters. The van der Waals surface area contributed by atoms with Crippen LogP contribution in [0.5, 0.6) is 17.2 Å². The van der Waals surface area contributed by atoms with Crippen LogP contribution in [-0.4, -0.2) is 50.1 Å². The van der Waals surface area contributed by atoms with Crippen LogP contribution in [0.2, 0.25) is 0 Å². The molecular weight excluding hydrogens is 402 g/mol. The summed E-state index contributed by atoms with van der Waals surface area (Å²) in [6.07, 6.45) is 1.51. The van der Waals surface area contributed by atoms with Crippen molar-refractivity contribution in [3.05, 3.63) is 53.7 Å². The lowest BCUT2D eigenvalue weighted by Crippen LogP contribution is -2.38. The van der Waals surface area contributed by atoms with Gasteiger partial charge in [-0.25, -0.2) is 9.69 Å². The number of nitrogens with zero attached hydrogens (tertiary/aromatic N) is 1. The topological polar surface area (TPSA) is 106 Å². The minimum Gasteiger partial charge on any atom is -0.494 e.